The van der Waals surface area contributed by atoms with Gasteiger partial charge >= 0.3 is 0 Å². The predicted octanol–water partition coefficient (Wildman–Crippen LogP) is 4.81. The third kappa shape index (κ3) is 5.77. The molecule has 3 aromatic carbocycles. The Hall–Kier alpha value is -2.46. The number of aliphatic hydroxyl groups excluding tert-OH is 1. The molecule has 3 atom stereocenters. The number of benzene rings is 3. The molecule has 28 heavy (non-hydrogen) atoms. The molecule has 0 radical (unpaired) electrons. The quantitative estimate of drug-likeness (QED) is 0.564. The Morgan fingerprint density at radius 1 is 0.786 bits per heavy atom. The molecule has 146 valence electrons. The summed E-state index contributed by atoms with van der Waals surface area (Å²) in [4.78, 5) is 0. The first-order valence-corrected chi connectivity index (χ1v) is 9.83. The van der Waals surface area contributed by atoms with E-state index < -0.39 is 6.10 Å². The lowest BCUT2D eigenvalue weighted by Crippen LogP contribution is -2.32. The Kier molecular flexibility index (Phi) is 7.38. The van der Waals surface area contributed by atoms with Gasteiger partial charge in [-0.15, -0.1) is 0 Å². The summed E-state index contributed by atoms with van der Waals surface area (Å²) in [6.45, 7) is 4.92. The van der Waals surface area contributed by atoms with Gasteiger partial charge in [-0.1, -0.05) is 90.5 Å². The van der Waals surface area contributed by atoms with Crippen molar-refractivity contribution in [1.29, 1.82) is 0 Å². The van der Waals surface area contributed by atoms with Gasteiger partial charge < -0.3 is 15.2 Å². The zero-order chi connectivity index (χ0) is 19.8. The smallest absolute Gasteiger partial charge is 0.108 e. The lowest BCUT2D eigenvalue weighted by Gasteiger charge is -2.22. The fourth-order valence-electron chi connectivity index (χ4n) is 3.19. The zero-order valence-corrected chi connectivity index (χ0v) is 16.6. The van der Waals surface area contributed by atoms with E-state index in [1.165, 1.54) is 11.1 Å². The van der Waals surface area contributed by atoms with E-state index in [9.17, 15) is 5.11 Å². The molecule has 0 saturated heterocycles. The second kappa shape index (κ2) is 10.2. The number of hydrogen-bond acceptors (Lipinski definition) is 3. The minimum atomic E-state index is -0.581. The van der Waals surface area contributed by atoms with Crippen molar-refractivity contribution in [3.05, 3.63) is 107 Å². The number of ether oxygens (including phenoxy) is 1. The van der Waals surface area contributed by atoms with Crippen LogP contribution in [-0.2, 0) is 4.74 Å². The molecule has 0 aliphatic carbocycles. The van der Waals surface area contributed by atoms with Gasteiger partial charge in [0.05, 0.1) is 12.7 Å². The largest absolute Gasteiger partial charge is 0.389 e. The van der Waals surface area contributed by atoms with Gasteiger partial charge in [0.2, 0.25) is 0 Å². The maximum absolute atomic E-state index is 10.4. The fourth-order valence-corrected chi connectivity index (χ4v) is 3.19. The molecule has 0 heterocycles. The molecular formula is C25H29NO2. The van der Waals surface area contributed by atoms with Crippen molar-refractivity contribution < 1.29 is 9.84 Å². The molecule has 3 heteroatoms. The lowest BCUT2D eigenvalue weighted by atomic mass is 10.0. The highest BCUT2D eigenvalue weighted by molar-refractivity contribution is 5.31. The molecule has 2 N–H and O–H groups in total. The van der Waals surface area contributed by atoms with Crippen molar-refractivity contribution >= 4 is 0 Å². The van der Waals surface area contributed by atoms with Crippen LogP contribution in [0.15, 0.2) is 84.9 Å². The topological polar surface area (TPSA) is 41.5 Å². The van der Waals surface area contributed by atoms with Crippen molar-refractivity contribution in [3.8, 4) is 0 Å². The zero-order valence-electron chi connectivity index (χ0n) is 16.6. The lowest BCUT2D eigenvalue weighted by molar-refractivity contribution is 0.00578. The minimum Gasteiger partial charge on any atom is -0.389 e. The normalized spacial score (nSPS) is 14.4. The van der Waals surface area contributed by atoms with Crippen molar-refractivity contribution in [1.82, 2.24) is 5.32 Å². The third-order valence-electron chi connectivity index (χ3n) is 4.90. The van der Waals surface area contributed by atoms with Gasteiger partial charge in [-0.3, -0.25) is 0 Å². The summed E-state index contributed by atoms with van der Waals surface area (Å²) in [6, 6.07) is 28.9. The number of rotatable bonds is 9. The summed E-state index contributed by atoms with van der Waals surface area (Å²) < 4.78 is 6.16. The molecule has 0 amide bonds. The van der Waals surface area contributed by atoms with Gasteiger partial charge in [-0.25, -0.2) is 0 Å². The Morgan fingerprint density at radius 3 is 1.93 bits per heavy atom. The highest BCUT2D eigenvalue weighted by atomic mass is 16.5. The van der Waals surface area contributed by atoms with Crippen LogP contribution in [0.4, 0.5) is 0 Å². The molecule has 0 aliphatic heterocycles. The van der Waals surface area contributed by atoms with E-state index in [4.69, 9.17) is 4.74 Å². The van der Waals surface area contributed by atoms with Crippen molar-refractivity contribution in [2.75, 3.05) is 13.2 Å². The van der Waals surface area contributed by atoms with Crippen LogP contribution in [0.2, 0.25) is 0 Å². The monoisotopic (exact) mass is 375 g/mol. The highest BCUT2D eigenvalue weighted by Gasteiger charge is 2.17. The van der Waals surface area contributed by atoms with Crippen LogP contribution >= 0.6 is 0 Å². The van der Waals surface area contributed by atoms with Crippen molar-refractivity contribution in [2.24, 2.45) is 0 Å². The SMILES string of the molecule is Cc1ccc([C@@H](OC[C@H](O)CN[C@@H](C)c2ccccc2)c2ccccc2)cc1. The van der Waals surface area contributed by atoms with Gasteiger partial charge in [0, 0.05) is 12.6 Å². The molecule has 3 aromatic rings. The van der Waals surface area contributed by atoms with Gasteiger partial charge in [-0.2, -0.15) is 0 Å². The maximum atomic E-state index is 10.4. The Balaban J connectivity index is 1.59. The van der Waals surface area contributed by atoms with Crippen LogP contribution in [0.1, 0.15) is 41.3 Å². The first kappa shape index (κ1) is 20.3. The van der Waals surface area contributed by atoms with E-state index in [0.717, 1.165) is 11.1 Å². The van der Waals surface area contributed by atoms with Crippen LogP contribution in [-0.4, -0.2) is 24.4 Å². The van der Waals surface area contributed by atoms with Crippen LogP contribution in [0.3, 0.4) is 0 Å². The number of nitrogens with one attached hydrogen (secondary N) is 1. The van der Waals surface area contributed by atoms with Gasteiger partial charge in [0.25, 0.3) is 0 Å². The predicted molar refractivity (Wildman–Crippen MR) is 114 cm³/mol. The van der Waals surface area contributed by atoms with Gasteiger partial charge in [0.15, 0.2) is 0 Å². The molecular weight excluding hydrogens is 346 g/mol. The Labute approximate surface area is 168 Å². The van der Waals surface area contributed by atoms with Crippen molar-refractivity contribution in [2.45, 2.75) is 32.1 Å². The fraction of sp³-hybridized carbons (Fsp3) is 0.280. The van der Waals surface area contributed by atoms with E-state index in [-0.39, 0.29) is 18.8 Å². The van der Waals surface area contributed by atoms with Gasteiger partial charge in [0.1, 0.15) is 6.10 Å². The molecule has 0 unspecified atom stereocenters. The molecule has 0 bridgehead atoms. The van der Waals surface area contributed by atoms with Gasteiger partial charge in [-0.05, 0) is 30.5 Å². The Bertz CT molecular complexity index is 818. The summed E-state index contributed by atoms with van der Waals surface area (Å²) in [6.07, 6.45) is -0.772. The summed E-state index contributed by atoms with van der Waals surface area (Å²) in [5.41, 5.74) is 4.60. The number of hydrogen-bond donors (Lipinski definition) is 2. The minimum absolute atomic E-state index is 0.179. The average molecular weight is 376 g/mol. The molecule has 0 spiro atoms. The molecule has 3 nitrogen and oxygen atoms in total. The van der Waals surface area contributed by atoms with Crippen LogP contribution in [0, 0.1) is 6.92 Å². The molecule has 0 fully saturated rings. The maximum Gasteiger partial charge on any atom is 0.108 e. The summed E-state index contributed by atoms with van der Waals surface area (Å²) in [5, 5.41) is 13.8. The van der Waals surface area contributed by atoms with Crippen LogP contribution in [0.25, 0.3) is 0 Å². The van der Waals surface area contributed by atoms with E-state index in [1.807, 2.05) is 36.4 Å². The third-order valence-corrected chi connectivity index (χ3v) is 4.90. The first-order valence-electron chi connectivity index (χ1n) is 9.83. The van der Waals surface area contributed by atoms with Crippen molar-refractivity contribution in [3.63, 3.8) is 0 Å². The van der Waals surface area contributed by atoms with Crippen LogP contribution in [0.5, 0.6) is 0 Å². The second-order valence-electron chi connectivity index (χ2n) is 7.23. The molecule has 0 aromatic heterocycles. The molecule has 0 aliphatic rings. The highest BCUT2D eigenvalue weighted by Crippen LogP contribution is 2.26. The number of aliphatic hydroxyl groups is 1. The summed E-state index contributed by atoms with van der Waals surface area (Å²) in [7, 11) is 0. The average Bonchev–Trinajstić information content (AvgIpc) is 2.75. The van der Waals surface area contributed by atoms with E-state index in [1.54, 1.807) is 0 Å². The summed E-state index contributed by atoms with van der Waals surface area (Å²) >= 11 is 0. The standard InChI is InChI=1S/C25H29NO2/c1-19-13-15-23(16-14-19)25(22-11-7-4-8-12-22)28-18-24(27)17-26-20(2)21-9-5-3-6-10-21/h3-16,20,24-27H,17-18H2,1-2H3/t20-,24+,25-/m0/s1. The van der Waals surface area contributed by atoms with Crippen LogP contribution < -0.4 is 5.32 Å². The Morgan fingerprint density at radius 2 is 1.32 bits per heavy atom. The van der Waals surface area contributed by atoms with E-state index in [0.29, 0.717) is 6.54 Å². The van der Waals surface area contributed by atoms with E-state index >= 15 is 0 Å². The summed E-state index contributed by atoms with van der Waals surface area (Å²) in [5.74, 6) is 0. The molecule has 0 saturated carbocycles. The second-order valence-corrected chi connectivity index (χ2v) is 7.23. The number of aryl methyl sites for hydroxylation is 1. The van der Waals surface area contributed by atoms with E-state index in [2.05, 4.69) is 67.7 Å². The first-order chi connectivity index (χ1) is 13.6. The molecule has 3 rings (SSSR count).